The first kappa shape index (κ1) is 15.8. The number of nitrogens with zero attached hydrogens (tertiary/aromatic N) is 3. The zero-order chi connectivity index (χ0) is 16.7. The molecule has 0 spiro atoms. The Morgan fingerprint density at radius 2 is 2.38 bits per heavy atom. The van der Waals surface area contributed by atoms with Crippen LogP contribution in [-0.4, -0.2) is 40.7 Å². The van der Waals surface area contributed by atoms with E-state index in [2.05, 4.69) is 21.6 Å². The van der Waals surface area contributed by atoms with E-state index in [1.807, 2.05) is 4.90 Å². The second-order valence-corrected chi connectivity index (χ2v) is 7.52. The van der Waals surface area contributed by atoms with Crippen LogP contribution in [0.3, 0.4) is 0 Å². The number of hydrogen-bond acceptors (Lipinski definition) is 6. The number of fused-ring (bicyclic) bond motifs is 1. The van der Waals surface area contributed by atoms with Gasteiger partial charge >= 0.3 is 0 Å². The van der Waals surface area contributed by atoms with Gasteiger partial charge in [0.25, 0.3) is 0 Å². The molecule has 128 valence electrons. The zero-order valence-corrected chi connectivity index (χ0v) is 14.7. The number of carbonyl (C=O) groups excluding carboxylic acids is 1. The highest BCUT2D eigenvalue weighted by Crippen LogP contribution is 2.40. The van der Waals surface area contributed by atoms with E-state index >= 15 is 0 Å². The molecule has 4 rings (SSSR count). The first-order valence-corrected chi connectivity index (χ1v) is 9.25. The Kier molecular flexibility index (Phi) is 4.14. The molecule has 24 heavy (non-hydrogen) atoms. The van der Waals surface area contributed by atoms with Crippen LogP contribution in [0.25, 0.3) is 0 Å². The van der Waals surface area contributed by atoms with Crippen LogP contribution in [0.1, 0.15) is 53.4 Å². The molecule has 0 saturated carbocycles. The summed E-state index contributed by atoms with van der Waals surface area (Å²) in [5, 5.41) is 5.98. The zero-order valence-electron chi connectivity index (χ0n) is 13.9. The molecular weight excluding hydrogens is 326 g/mol. The fourth-order valence-corrected chi connectivity index (χ4v) is 4.82. The van der Waals surface area contributed by atoms with Crippen molar-refractivity contribution in [2.45, 2.75) is 50.7 Å². The third-order valence-corrected chi connectivity index (χ3v) is 6.05. The van der Waals surface area contributed by atoms with Crippen LogP contribution >= 0.6 is 11.3 Å². The molecule has 6 nitrogen and oxygen atoms in total. The first-order valence-electron chi connectivity index (χ1n) is 8.37. The summed E-state index contributed by atoms with van der Waals surface area (Å²) in [7, 11) is 1.69. The number of ether oxygens (including phenoxy) is 1. The number of amides is 1. The maximum absolute atomic E-state index is 13.3. The molecule has 1 aliphatic carbocycles. The normalized spacial score (nSPS) is 26.6. The fraction of sp³-hybridized carbons (Fsp3) is 0.588. The van der Waals surface area contributed by atoms with Crippen LogP contribution in [0.15, 0.2) is 16.0 Å². The lowest BCUT2D eigenvalue weighted by molar-refractivity contribution is -0.135. The van der Waals surface area contributed by atoms with Crippen LogP contribution in [-0.2, 0) is 16.0 Å². The number of hydrogen-bond donors (Lipinski definition) is 0. The van der Waals surface area contributed by atoms with Crippen molar-refractivity contribution >= 4 is 17.2 Å². The summed E-state index contributed by atoms with van der Waals surface area (Å²) in [5.41, 5.74) is 1.21. The van der Waals surface area contributed by atoms with Crippen molar-refractivity contribution in [2.24, 2.45) is 0 Å². The van der Waals surface area contributed by atoms with Crippen LogP contribution in [0.5, 0.6) is 0 Å². The summed E-state index contributed by atoms with van der Waals surface area (Å²) in [6.07, 6.45) is 3.77. The molecule has 0 N–H and O–H groups in total. The predicted molar refractivity (Wildman–Crippen MR) is 88.9 cm³/mol. The summed E-state index contributed by atoms with van der Waals surface area (Å²) < 4.78 is 10.9. The summed E-state index contributed by atoms with van der Waals surface area (Å²) in [6, 6.07) is 1.92. The molecule has 1 aliphatic heterocycles. The van der Waals surface area contributed by atoms with Gasteiger partial charge in [-0.05, 0) is 43.2 Å². The molecule has 2 aromatic heterocycles. The van der Waals surface area contributed by atoms with Gasteiger partial charge in [-0.2, -0.15) is 4.98 Å². The number of thiophene rings is 1. The SMILES string of the molecule is CO[C@@H]1C[C@H](c2nc(C)no2)N(C(=O)[C@@H]2CCCc3sccc32)C1. The fourth-order valence-electron chi connectivity index (χ4n) is 3.84. The van der Waals surface area contributed by atoms with Crippen LogP contribution in [0.4, 0.5) is 0 Å². The lowest BCUT2D eigenvalue weighted by Crippen LogP contribution is -2.37. The maximum atomic E-state index is 13.3. The van der Waals surface area contributed by atoms with E-state index in [-0.39, 0.29) is 24.0 Å². The summed E-state index contributed by atoms with van der Waals surface area (Å²) >= 11 is 1.76. The van der Waals surface area contributed by atoms with Gasteiger partial charge in [-0.15, -0.1) is 11.3 Å². The quantitative estimate of drug-likeness (QED) is 0.854. The second kappa shape index (κ2) is 6.29. The van der Waals surface area contributed by atoms with E-state index in [1.165, 1.54) is 10.4 Å². The van der Waals surface area contributed by atoms with Crippen molar-refractivity contribution in [1.29, 1.82) is 0 Å². The lowest BCUT2D eigenvalue weighted by Gasteiger charge is -2.29. The molecule has 0 aromatic carbocycles. The van der Waals surface area contributed by atoms with Gasteiger partial charge in [-0.25, -0.2) is 0 Å². The van der Waals surface area contributed by atoms with Crippen molar-refractivity contribution in [3.63, 3.8) is 0 Å². The van der Waals surface area contributed by atoms with Gasteiger partial charge in [0.1, 0.15) is 6.04 Å². The average Bonchev–Trinajstić information content (AvgIpc) is 3.31. The van der Waals surface area contributed by atoms with E-state index in [1.54, 1.807) is 25.4 Å². The minimum Gasteiger partial charge on any atom is -0.380 e. The molecule has 1 fully saturated rings. The third kappa shape index (κ3) is 2.65. The third-order valence-electron chi connectivity index (χ3n) is 5.06. The van der Waals surface area contributed by atoms with Gasteiger partial charge in [0.2, 0.25) is 11.8 Å². The largest absolute Gasteiger partial charge is 0.380 e. The standard InChI is InChI=1S/C17H21N3O3S/c1-10-18-16(23-19-10)14-8-11(22-2)9-20(14)17(21)13-4-3-5-15-12(13)6-7-24-15/h6-7,11,13-14H,3-5,8-9H2,1-2H3/t11-,13-,14-/m1/s1. The highest BCUT2D eigenvalue weighted by molar-refractivity contribution is 7.10. The molecule has 1 saturated heterocycles. The number of rotatable bonds is 3. The van der Waals surface area contributed by atoms with E-state index < -0.39 is 0 Å². The molecule has 0 bridgehead atoms. The average molecular weight is 347 g/mol. The van der Waals surface area contributed by atoms with Gasteiger partial charge in [0.05, 0.1) is 12.0 Å². The number of methoxy groups -OCH3 is 1. The van der Waals surface area contributed by atoms with Gasteiger partial charge < -0.3 is 14.2 Å². The van der Waals surface area contributed by atoms with Crippen LogP contribution in [0, 0.1) is 6.92 Å². The van der Waals surface area contributed by atoms with Gasteiger partial charge in [0.15, 0.2) is 5.82 Å². The number of likely N-dealkylation sites (tertiary alicyclic amines) is 1. The highest BCUT2D eigenvalue weighted by Gasteiger charge is 2.42. The van der Waals surface area contributed by atoms with Crippen molar-refractivity contribution < 1.29 is 14.1 Å². The number of aromatic nitrogens is 2. The highest BCUT2D eigenvalue weighted by atomic mass is 32.1. The molecule has 2 aliphatic rings. The number of carbonyl (C=O) groups is 1. The number of aryl methyl sites for hydroxylation is 2. The Labute approximate surface area is 144 Å². The molecule has 7 heteroatoms. The summed E-state index contributed by atoms with van der Waals surface area (Å²) in [4.78, 5) is 20.9. The van der Waals surface area contributed by atoms with E-state index in [4.69, 9.17) is 9.26 Å². The smallest absolute Gasteiger partial charge is 0.249 e. The Bertz CT molecular complexity index is 741. The van der Waals surface area contributed by atoms with Crippen molar-refractivity contribution in [3.8, 4) is 0 Å². The molecule has 0 radical (unpaired) electrons. The lowest BCUT2D eigenvalue weighted by atomic mass is 9.86. The molecule has 1 amide bonds. The first-order chi connectivity index (χ1) is 11.7. The monoisotopic (exact) mass is 347 g/mol. The van der Waals surface area contributed by atoms with Gasteiger partial charge in [-0.1, -0.05) is 5.16 Å². The molecular formula is C17H21N3O3S. The van der Waals surface area contributed by atoms with E-state index in [0.29, 0.717) is 24.7 Å². The Balaban J connectivity index is 1.63. The topological polar surface area (TPSA) is 68.5 Å². The van der Waals surface area contributed by atoms with Crippen molar-refractivity contribution in [2.75, 3.05) is 13.7 Å². The molecule has 2 aromatic rings. The summed E-state index contributed by atoms with van der Waals surface area (Å²) in [5.74, 6) is 1.22. The molecule has 3 atom stereocenters. The maximum Gasteiger partial charge on any atom is 0.249 e. The predicted octanol–water partition coefficient (Wildman–Crippen LogP) is 2.85. The Morgan fingerprint density at radius 3 is 3.12 bits per heavy atom. The van der Waals surface area contributed by atoms with Crippen LogP contribution < -0.4 is 0 Å². The second-order valence-electron chi connectivity index (χ2n) is 6.52. The van der Waals surface area contributed by atoms with Crippen molar-refractivity contribution in [1.82, 2.24) is 15.0 Å². The minimum absolute atomic E-state index is 0.0108. The molecule has 3 heterocycles. The van der Waals surface area contributed by atoms with Gasteiger partial charge in [-0.3, -0.25) is 4.79 Å². The Morgan fingerprint density at radius 1 is 1.50 bits per heavy atom. The van der Waals surface area contributed by atoms with E-state index in [9.17, 15) is 4.79 Å². The van der Waals surface area contributed by atoms with Gasteiger partial charge in [0, 0.05) is 25.0 Å². The van der Waals surface area contributed by atoms with E-state index in [0.717, 1.165) is 19.3 Å². The van der Waals surface area contributed by atoms with Crippen LogP contribution in [0.2, 0.25) is 0 Å². The minimum atomic E-state index is -0.187. The Hall–Kier alpha value is -1.73. The summed E-state index contributed by atoms with van der Waals surface area (Å²) in [6.45, 7) is 2.37. The molecule has 0 unspecified atom stereocenters. The van der Waals surface area contributed by atoms with Crippen molar-refractivity contribution in [3.05, 3.63) is 33.6 Å².